The van der Waals surface area contributed by atoms with Gasteiger partial charge in [0, 0.05) is 24.5 Å². The molecule has 2 heterocycles. The topological polar surface area (TPSA) is 79.7 Å². The molecule has 0 saturated carbocycles. The molecule has 1 amide bonds. The number of carbonyl (C=O) groups excluding carboxylic acids is 2. The number of Topliss-reactive ketones (excluding diaryl/α,β-unsaturated/α-hetero) is 1. The number of unbranched alkanes of at least 4 members (excludes halogenated alkanes) is 2. The van der Waals surface area contributed by atoms with Crippen molar-refractivity contribution >= 4 is 29.1 Å². The number of hydrogen-bond acceptors (Lipinski definition) is 5. The van der Waals surface area contributed by atoms with Crippen LogP contribution in [0, 0.1) is 0 Å². The molecule has 1 aromatic heterocycles. The molecule has 1 saturated heterocycles. The average Bonchev–Trinajstić information content (AvgIpc) is 3.01. The molecule has 6 nitrogen and oxygen atoms in total. The van der Waals surface area contributed by atoms with Crippen LogP contribution < -0.4 is 4.74 Å². The van der Waals surface area contributed by atoms with E-state index in [-0.39, 0.29) is 11.3 Å². The fourth-order valence-electron chi connectivity index (χ4n) is 3.60. The zero-order chi connectivity index (χ0) is 21.7. The SMILES string of the molecule is CCCCCN1C(=O)C(=O)/C(=C(\O)c2ccc(Cl)c(OCC)c2)C1c1cccnc1. The van der Waals surface area contributed by atoms with Gasteiger partial charge in [-0.1, -0.05) is 37.4 Å². The van der Waals surface area contributed by atoms with Gasteiger partial charge in [-0.05, 0) is 43.2 Å². The van der Waals surface area contributed by atoms with Gasteiger partial charge in [0.25, 0.3) is 11.7 Å². The number of ketones is 1. The van der Waals surface area contributed by atoms with Crippen molar-refractivity contribution in [3.05, 3.63) is 64.4 Å². The minimum Gasteiger partial charge on any atom is -0.507 e. The molecule has 0 bridgehead atoms. The van der Waals surface area contributed by atoms with Gasteiger partial charge in [-0.3, -0.25) is 14.6 Å². The first kappa shape index (κ1) is 21.8. The predicted octanol–water partition coefficient (Wildman–Crippen LogP) is 4.75. The van der Waals surface area contributed by atoms with Crippen LogP contribution in [0.5, 0.6) is 5.75 Å². The molecule has 2 aromatic rings. The molecule has 0 radical (unpaired) electrons. The summed E-state index contributed by atoms with van der Waals surface area (Å²) in [5, 5.41) is 11.5. The number of nitrogens with zero attached hydrogens (tertiary/aromatic N) is 2. The number of amides is 1. The lowest BCUT2D eigenvalue weighted by atomic mass is 9.96. The number of rotatable bonds is 8. The van der Waals surface area contributed by atoms with Gasteiger partial charge in [0.2, 0.25) is 0 Å². The number of aliphatic hydroxyl groups is 1. The highest BCUT2D eigenvalue weighted by molar-refractivity contribution is 6.46. The van der Waals surface area contributed by atoms with E-state index in [4.69, 9.17) is 16.3 Å². The molecule has 30 heavy (non-hydrogen) atoms. The van der Waals surface area contributed by atoms with E-state index in [9.17, 15) is 14.7 Å². The molecule has 7 heteroatoms. The fourth-order valence-corrected chi connectivity index (χ4v) is 3.77. The lowest BCUT2D eigenvalue weighted by Crippen LogP contribution is -2.30. The molecule has 1 unspecified atom stereocenters. The van der Waals surface area contributed by atoms with E-state index in [1.165, 1.54) is 4.90 Å². The minimum absolute atomic E-state index is 0.0502. The smallest absolute Gasteiger partial charge is 0.295 e. The number of hydrogen-bond donors (Lipinski definition) is 1. The quantitative estimate of drug-likeness (QED) is 0.284. The normalized spacial score (nSPS) is 18.1. The molecule has 1 fully saturated rings. The van der Waals surface area contributed by atoms with E-state index in [1.54, 1.807) is 42.7 Å². The summed E-state index contributed by atoms with van der Waals surface area (Å²) in [6.07, 6.45) is 5.95. The number of ether oxygens (including phenoxy) is 1. The maximum Gasteiger partial charge on any atom is 0.295 e. The van der Waals surface area contributed by atoms with Crippen molar-refractivity contribution in [2.45, 2.75) is 39.2 Å². The second-order valence-electron chi connectivity index (χ2n) is 7.06. The Kier molecular flexibility index (Phi) is 7.11. The molecule has 1 aromatic carbocycles. The van der Waals surface area contributed by atoms with Crippen molar-refractivity contribution in [3.8, 4) is 5.75 Å². The second-order valence-corrected chi connectivity index (χ2v) is 7.47. The third-order valence-electron chi connectivity index (χ3n) is 5.05. The van der Waals surface area contributed by atoms with Crippen LogP contribution in [0.15, 0.2) is 48.3 Å². The van der Waals surface area contributed by atoms with Crippen LogP contribution in [0.2, 0.25) is 5.02 Å². The van der Waals surface area contributed by atoms with Gasteiger partial charge < -0.3 is 14.7 Å². The first-order valence-corrected chi connectivity index (χ1v) is 10.5. The largest absolute Gasteiger partial charge is 0.507 e. The molecule has 0 spiro atoms. The number of halogens is 1. The van der Waals surface area contributed by atoms with Gasteiger partial charge >= 0.3 is 0 Å². The number of aromatic nitrogens is 1. The third kappa shape index (κ3) is 4.33. The van der Waals surface area contributed by atoms with E-state index in [2.05, 4.69) is 11.9 Å². The Labute approximate surface area is 181 Å². The molecule has 158 valence electrons. The summed E-state index contributed by atoms with van der Waals surface area (Å²) in [5.74, 6) is -1.16. The first-order valence-electron chi connectivity index (χ1n) is 10.1. The van der Waals surface area contributed by atoms with Gasteiger partial charge in [-0.25, -0.2) is 0 Å². The summed E-state index contributed by atoms with van der Waals surface area (Å²) >= 11 is 6.15. The van der Waals surface area contributed by atoms with E-state index in [0.717, 1.165) is 19.3 Å². The van der Waals surface area contributed by atoms with Crippen LogP contribution in [-0.4, -0.2) is 39.8 Å². The first-order chi connectivity index (χ1) is 14.5. The maximum atomic E-state index is 12.9. The molecule has 1 N–H and O–H groups in total. The van der Waals surface area contributed by atoms with Crippen LogP contribution in [0.1, 0.15) is 50.3 Å². The standard InChI is InChI=1S/C23H25ClN2O4/c1-3-5-6-12-26-20(16-8-7-11-25-14-16)19(22(28)23(26)29)21(27)15-9-10-17(24)18(13-15)30-4-2/h7-11,13-14,20,27H,3-6,12H2,1-2H3/b21-19-. The zero-order valence-electron chi connectivity index (χ0n) is 17.1. The summed E-state index contributed by atoms with van der Waals surface area (Å²) in [7, 11) is 0. The van der Waals surface area contributed by atoms with Crippen molar-refractivity contribution in [2.75, 3.05) is 13.2 Å². The number of likely N-dealkylation sites (tertiary alicyclic amines) is 1. The van der Waals surface area contributed by atoms with E-state index >= 15 is 0 Å². The predicted molar refractivity (Wildman–Crippen MR) is 115 cm³/mol. The zero-order valence-corrected chi connectivity index (χ0v) is 17.9. The summed E-state index contributed by atoms with van der Waals surface area (Å²) in [4.78, 5) is 31.4. The second kappa shape index (κ2) is 9.76. The highest BCUT2D eigenvalue weighted by Gasteiger charge is 2.45. The van der Waals surface area contributed by atoms with Gasteiger partial charge in [0.05, 0.1) is 23.2 Å². The monoisotopic (exact) mass is 428 g/mol. The van der Waals surface area contributed by atoms with Crippen molar-refractivity contribution in [1.82, 2.24) is 9.88 Å². The van der Waals surface area contributed by atoms with Crippen molar-refractivity contribution in [2.24, 2.45) is 0 Å². The van der Waals surface area contributed by atoms with Crippen molar-refractivity contribution in [1.29, 1.82) is 0 Å². The fraction of sp³-hybridized carbons (Fsp3) is 0.348. The Hall–Kier alpha value is -2.86. The minimum atomic E-state index is -0.703. The number of carbonyl (C=O) groups is 2. The average molecular weight is 429 g/mol. The Bertz CT molecular complexity index is 959. The van der Waals surface area contributed by atoms with Crippen LogP contribution >= 0.6 is 11.6 Å². The van der Waals surface area contributed by atoms with E-state index < -0.39 is 17.7 Å². The highest BCUT2D eigenvalue weighted by atomic mass is 35.5. The van der Waals surface area contributed by atoms with Crippen LogP contribution in [-0.2, 0) is 9.59 Å². The lowest BCUT2D eigenvalue weighted by Gasteiger charge is -2.25. The molecule has 1 atom stereocenters. The highest BCUT2D eigenvalue weighted by Crippen LogP contribution is 2.40. The molecule has 3 rings (SSSR count). The van der Waals surface area contributed by atoms with E-state index in [0.29, 0.717) is 35.1 Å². The Morgan fingerprint density at radius 2 is 2.03 bits per heavy atom. The molecular formula is C23H25ClN2O4. The summed E-state index contributed by atoms with van der Waals surface area (Å²) in [6, 6.07) is 7.63. The summed E-state index contributed by atoms with van der Waals surface area (Å²) in [6.45, 7) is 4.73. The van der Waals surface area contributed by atoms with Gasteiger partial charge in [-0.2, -0.15) is 0 Å². The van der Waals surface area contributed by atoms with Gasteiger partial charge in [0.15, 0.2) is 0 Å². The number of pyridine rings is 1. The lowest BCUT2D eigenvalue weighted by molar-refractivity contribution is -0.139. The van der Waals surface area contributed by atoms with Gasteiger partial charge in [-0.15, -0.1) is 0 Å². The molecule has 1 aliphatic heterocycles. The number of aliphatic hydroxyl groups excluding tert-OH is 1. The van der Waals surface area contributed by atoms with Gasteiger partial charge in [0.1, 0.15) is 11.5 Å². The third-order valence-corrected chi connectivity index (χ3v) is 5.36. The Balaban J connectivity index is 2.11. The Morgan fingerprint density at radius 1 is 1.23 bits per heavy atom. The molecule has 1 aliphatic rings. The maximum absolute atomic E-state index is 12.9. The summed E-state index contributed by atoms with van der Waals surface area (Å²) in [5.41, 5.74) is 1.09. The van der Waals surface area contributed by atoms with Crippen LogP contribution in [0.4, 0.5) is 0 Å². The van der Waals surface area contributed by atoms with Crippen LogP contribution in [0.3, 0.4) is 0 Å². The van der Waals surface area contributed by atoms with Crippen LogP contribution in [0.25, 0.3) is 5.76 Å². The van der Waals surface area contributed by atoms with E-state index in [1.807, 2.05) is 6.92 Å². The summed E-state index contributed by atoms with van der Waals surface area (Å²) < 4.78 is 5.50. The molecular weight excluding hydrogens is 404 g/mol. The van der Waals surface area contributed by atoms with Crippen molar-refractivity contribution < 1.29 is 19.4 Å². The number of benzene rings is 1. The Morgan fingerprint density at radius 3 is 2.70 bits per heavy atom. The van der Waals surface area contributed by atoms with Crippen molar-refractivity contribution in [3.63, 3.8) is 0 Å². The molecule has 0 aliphatic carbocycles.